The number of rotatable bonds is 5. The van der Waals surface area contributed by atoms with Gasteiger partial charge in [0, 0.05) is 50.3 Å². The summed E-state index contributed by atoms with van der Waals surface area (Å²) in [6, 6.07) is 9.26. The van der Waals surface area contributed by atoms with E-state index in [2.05, 4.69) is 25.2 Å². The van der Waals surface area contributed by atoms with Crippen LogP contribution in [0, 0.1) is 0 Å². The van der Waals surface area contributed by atoms with Gasteiger partial charge in [0.1, 0.15) is 17.7 Å². The zero-order valence-corrected chi connectivity index (χ0v) is 17.4. The summed E-state index contributed by atoms with van der Waals surface area (Å²) in [7, 11) is 0. The molecule has 0 aliphatic carbocycles. The van der Waals surface area contributed by atoms with Crippen molar-refractivity contribution >= 4 is 45.7 Å². The van der Waals surface area contributed by atoms with Gasteiger partial charge in [-0.15, -0.1) is 0 Å². The summed E-state index contributed by atoms with van der Waals surface area (Å²) in [4.78, 5) is 27.8. The molecule has 0 radical (unpaired) electrons. The van der Waals surface area contributed by atoms with E-state index in [0.29, 0.717) is 16.7 Å². The summed E-state index contributed by atoms with van der Waals surface area (Å²) in [5.41, 5.74) is 0.843. The second-order valence-corrected chi connectivity index (χ2v) is 8.14. The highest BCUT2D eigenvalue weighted by Gasteiger charge is 2.23. The third kappa shape index (κ3) is 5.02. The third-order valence-corrected chi connectivity index (χ3v) is 5.83. The van der Waals surface area contributed by atoms with Gasteiger partial charge in [0.05, 0.1) is 10.6 Å². The largest absolute Gasteiger partial charge is 0.462 e. The van der Waals surface area contributed by atoms with Gasteiger partial charge in [0.25, 0.3) is 0 Å². The van der Waals surface area contributed by atoms with Crippen molar-refractivity contribution in [3.63, 3.8) is 0 Å². The van der Waals surface area contributed by atoms with Crippen LogP contribution in [-0.2, 0) is 9.53 Å². The Labute approximate surface area is 177 Å². The highest BCUT2D eigenvalue weighted by atomic mass is 35.5. The predicted octanol–water partition coefficient (Wildman–Crippen LogP) is 4.53. The van der Waals surface area contributed by atoms with Crippen LogP contribution in [0.15, 0.2) is 42.7 Å². The van der Waals surface area contributed by atoms with E-state index in [9.17, 15) is 4.79 Å². The number of thiazole rings is 1. The Hall–Kier alpha value is -2.71. The number of hydrogen-bond donors (Lipinski definition) is 1. The molecule has 7 nitrogen and oxygen atoms in total. The van der Waals surface area contributed by atoms with Crippen LogP contribution in [0.2, 0.25) is 5.02 Å². The first-order valence-corrected chi connectivity index (χ1v) is 10.5. The van der Waals surface area contributed by atoms with Gasteiger partial charge in [-0.2, -0.15) is 0 Å². The molecule has 0 bridgehead atoms. The van der Waals surface area contributed by atoms with Gasteiger partial charge < -0.3 is 15.0 Å². The van der Waals surface area contributed by atoms with Crippen LogP contribution < -0.4 is 10.2 Å². The van der Waals surface area contributed by atoms with Crippen molar-refractivity contribution in [2.24, 2.45) is 0 Å². The minimum Gasteiger partial charge on any atom is -0.462 e. The molecule has 1 aliphatic heterocycles. The van der Waals surface area contributed by atoms with E-state index in [1.165, 1.54) is 6.92 Å². The standard InChI is InChI=1S/C20H20ClN5O2S/c1-13(27)28-15-6-9-26(10-7-15)20-23-12-17(29-20)16-3-2-4-18(24-16)25-19-11-14(21)5-8-22-19/h2-5,8,11-12,15H,6-7,9-10H2,1H3,(H,22,24,25). The molecular weight excluding hydrogens is 410 g/mol. The molecule has 1 fully saturated rings. The number of pyridine rings is 2. The van der Waals surface area contributed by atoms with Gasteiger partial charge in [-0.25, -0.2) is 15.0 Å². The average molecular weight is 430 g/mol. The van der Waals surface area contributed by atoms with E-state index >= 15 is 0 Å². The van der Waals surface area contributed by atoms with Crippen LogP contribution >= 0.6 is 22.9 Å². The maximum atomic E-state index is 11.1. The number of hydrogen-bond acceptors (Lipinski definition) is 8. The first-order chi connectivity index (χ1) is 14.1. The molecule has 9 heteroatoms. The Kier molecular flexibility index (Phi) is 5.92. The molecule has 4 heterocycles. The first kappa shape index (κ1) is 19.6. The monoisotopic (exact) mass is 429 g/mol. The lowest BCUT2D eigenvalue weighted by Crippen LogP contribution is -2.37. The lowest BCUT2D eigenvalue weighted by Gasteiger charge is -2.31. The van der Waals surface area contributed by atoms with Crippen molar-refractivity contribution in [3.05, 3.63) is 47.7 Å². The van der Waals surface area contributed by atoms with Crippen LogP contribution in [0.4, 0.5) is 16.8 Å². The number of anilines is 3. The van der Waals surface area contributed by atoms with E-state index < -0.39 is 0 Å². The first-order valence-electron chi connectivity index (χ1n) is 9.31. The van der Waals surface area contributed by atoms with Crippen LogP contribution in [-0.4, -0.2) is 40.1 Å². The topological polar surface area (TPSA) is 80.2 Å². The Morgan fingerprint density at radius 1 is 1.24 bits per heavy atom. The van der Waals surface area contributed by atoms with Crippen molar-refractivity contribution in [2.45, 2.75) is 25.9 Å². The second kappa shape index (κ2) is 8.75. The van der Waals surface area contributed by atoms with E-state index in [1.807, 2.05) is 24.4 Å². The molecule has 0 amide bonds. The highest BCUT2D eigenvalue weighted by molar-refractivity contribution is 7.18. The van der Waals surface area contributed by atoms with Crippen LogP contribution in [0.5, 0.6) is 0 Å². The second-order valence-electron chi connectivity index (χ2n) is 6.70. The molecule has 0 saturated carbocycles. The summed E-state index contributed by atoms with van der Waals surface area (Å²) in [5, 5.41) is 4.74. The van der Waals surface area contributed by atoms with Crippen LogP contribution in [0.1, 0.15) is 19.8 Å². The summed E-state index contributed by atoms with van der Waals surface area (Å²) < 4.78 is 5.31. The zero-order valence-electron chi connectivity index (χ0n) is 15.8. The van der Waals surface area contributed by atoms with Gasteiger partial charge in [-0.3, -0.25) is 4.79 Å². The van der Waals surface area contributed by atoms with E-state index in [4.69, 9.17) is 16.3 Å². The smallest absolute Gasteiger partial charge is 0.302 e. The zero-order chi connectivity index (χ0) is 20.2. The van der Waals surface area contributed by atoms with E-state index in [1.54, 1.807) is 29.7 Å². The summed E-state index contributed by atoms with van der Waals surface area (Å²) >= 11 is 7.62. The quantitative estimate of drug-likeness (QED) is 0.597. The fourth-order valence-electron chi connectivity index (χ4n) is 3.18. The average Bonchev–Trinajstić information content (AvgIpc) is 3.19. The number of aromatic nitrogens is 3. The molecule has 1 N–H and O–H groups in total. The molecule has 0 atom stereocenters. The van der Waals surface area contributed by atoms with Crippen molar-refractivity contribution in [2.75, 3.05) is 23.3 Å². The Bertz CT molecular complexity index is 1000. The summed E-state index contributed by atoms with van der Waals surface area (Å²) in [6.07, 6.45) is 5.14. The molecular formula is C20H20ClN5O2S. The normalized spacial score (nSPS) is 14.6. The summed E-state index contributed by atoms with van der Waals surface area (Å²) in [6.45, 7) is 3.10. The summed E-state index contributed by atoms with van der Waals surface area (Å²) in [5.74, 6) is 1.12. The fourth-order valence-corrected chi connectivity index (χ4v) is 4.27. The molecule has 3 aromatic heterocycles. The number of piperidine rings is 1. The molecule has 0 aromatic carbocycles. The van der Waals surface area contributed by atoms with Gasteiger partial charge in [-0.1, -0.05) is 29.0 Å². The maximum Gasteiger partial charge on any atom is 0.302 e. The minimum atomic E-state index is -0.215. The maximum absolute atomic E-state index is 11.1. The Balaban J connectivity index is 1.44. The van der Waals surface area contributed by atoms with Gasteiger partial charge in [0.15, 0.2) is 5.13 Å². The number of carbonyl (C=O) groups is 1. The highest BCUT2D eigenvalue weighted by Crippen LogP contribution is 2.32. The van der Waals surface area contributed by atoms with E-state index in [0.717, 1.165) is 41.6 Å². The SMILES string of the molecule is CC(=O)OC1CCN(c2ncc(-c3cccc(Nc4cc(Cl)ccn4)n3)s2)CC1. The Morgan fingerprint density at radius 2 is 2.07 bits per heavy atom. The molecule has 3 aromatic rings. The van der Waals surface area contributed by atoms with Gasteiger partial charge in [0.2, 0.25) is 0 Å². The lowest BCUT2D eigenvalue weighted by molar-refractivity contribution is -0.147. The lowest BCUT2D eigenvalue weighted by atomic mass is 10.1. The fraction of sp³-hybridized carbons (Fsp3) is 0.300. The third-order valence-electron chi connectivity index (χ3n) is 4.52. The number of esters is 1. The number of carbonyl (C=O) groups excluding carboxylic acids is 1. The van der Waals surface area contributed by atoms with Crippen molar-refractivity contribution in [1.29, 1.82) is 0 Å². The number of nitrogens with zero attached hydrogens (tertiary/aromatic N) is 4. The molecule has 29 heavy (non-hydrogen) atoms. The Morgan fingerprint density at radius 3 is 2.83 bits per heavy atom. The van der Waals surface area contributed by atoms with Gasteiger partial charge in [-0.05, 0) is 24.3 Å². The van der Waals surface area contributed by atoms with Crippen molar-refractivity contribution in [1.82, 2.24) is 15.0 Å². The van der Waals surface area contributed by atoms with Crippen molar-refractivity contribution in [3.8, 4) is 10.6 Å². The van der Waals surface area contributed by atoms with Gasteiger partial charge >= 0.3 is 5.97 Å². The molecule has 150 valence electrons. The number of ether oxygens (including phenoxy) is 1. The van der Waals surface area contributed by atoms with Crippen molar-refractivity contribution < 1.29 is 9.53 Å². The van der Waals surface area contributed by atoms with Crippen LogP contribution in [0.25, 0.3) is 10.6 Å². The minimum absolute atomic E-state index is 0.00713. The number of nitrogens with one attached hydrogen (secondary N) is 1. The molecule has 1 aliphatic rings. The molecule has 0 spiro atoms. The molecule has 1 saturated heterocycles. The van der Waals surface area contributed by atoms with E-state index in [-0.39, 0.29) is 12.1 Å². The number of halogens is 1. The molecule has 4 rings (SSSR count). The predicted molar refractivity (Wildman–Crippen MR) is 115 cm³/mol. The molecule has 0 unspecified atom stereocenters. The van der Waals surface area contributed by atoms with Crippen LogP contribution in [0.3, 0.4) is 0 Å².